The van der Waals surface area contributed by atoms with Gasteiger partial charge in [-0.15, -0.1) is 11.3 Å². The number of rotatable bonds is 7. The van der Waals surface area contributed by atoms with E-state index in [0.29, 0.717) is 23.2 Å². The van der Waals surface area contributed by atoms with Gasteiger partial charge >= 0.3 is 5.97 Å². The molecule has 1 unspecified atom stereocenters. The lowest BCUT2D eigenvalue weighted by Crippen LogP contribution is -2.33. The Kier molecular flexibility index (Phi) is 6.26. The van der Waals surface area contributed by atoms with Crippen LogP contribution in [-0.4, -0.2) is 47.5 Å². The average molecular weight is 304 g/mol. The maximum atomic E-state index is 11.7. The van der Waals surface area contributed by atoms with Crippen molar-refractivity contribution in [2.24, 2.45) is 0 Å². The van der Waals surface area contributed by atoms with E-state index in [0.717, 1.165) is 11.3 Å². The minimum absolute atomic E-state index is 0.119. The summed E-state index contributed by atoms with van der Waals surface area (Å²) in [4.78, 5) is 27.0. The van der Waals surface area contributed by atoms with E-state index in [9.17, 15) is 9.59 Å². The minimum Gasteiger partial charge on any atom is -0.477 e. The fourth-order valence-corrected chi connectivity index (χ4v) is 3.44. The van der Waals surface area contributed by atoms with Crippen molar-refractivity contribution in [3.63, 3.8) is 0 Å². The number of methoxy groups -OCH3 is 1. The number of aryl methyl sites for hydroxylation is 1. The first-order chi connectivity index (χ1) is 8.95. The van der Waals surface area contributed by atoms with Gasteiger partial charge in [-0.3, -0.25) is 4.79 Å². The van der Waals surface area contributed by atoms with Crippen LogP contribution in [0.25, 0.3) is 0 Å². The van der Waals surface area contributed by atoms with E-state index >= 15 is 0 Å². The highest BCUT2D eigenvalue weighted by atomic mass is 32.2. The zero-order valence-corrected chi connectivity index (χ0v) is 12.6. The molecule has 8 heteroatoms. The third-order valence-electron chi connectivity index (χ3n) is 2.22. The summed E-state index contributed by atoms with van der Waals surface area (Å²) in [7, 11) is 1.57. The van der Waals surface area contributed by atoms with Gasteiger partial charge in [0.2, 0.25) is 5.91 Å². The van der Waals surface area contributed by atoms with Crippen LogP contribution in [0.15, 0.2) is 4.34 Å². The van der Waals surface area contributed by atoms with Gasteiger partial charge in [0.05, 0.1) is 17.6 Å². The number of nitrogens with one attached hydrogen (secondary N) is 1. The fourth-order valence-electron chi connectivity index (χ4n) is 1.25. The van der Waals surface area contributed by atoms with Crippen LogP contribution in [0.4, 0.5) is 0 Å². The number of carboxylic acids is 1. The number of aromatic carboxylic acids is 1. The highest BCUT2D eigenvalue weighted by Crippen LogP contribution is 2.30. The summed E-state index contributed by atoms with van der Waals surface area (Å²) < 4.78 is 5.43. The Hall–Kier alpha value is -1.12. The molecule has 1 rings (SSSR count). The molecule has 0 spiro atoms. The van der Waals surface area contributed by atoms with Gasteiger partial charge in [0.15, 0.2) is 4.34 Å². The van der Waals surface area contributed by atoms with Crippen LogP contribution in [0.1, 0.15) is 22.3 Å². The molecule has 1 atom stereocenters. The molecule has 0 aliphatic heterocycles. The van der Waals surface area contributed by atoms with E-state index in [4.69, 9.17) is 9.84 Å². The molecule has 1 aromatic rings. The smallest absolute Gasteiger partial charge is 0.347 e. The number of carbonyl (C=O) groups excluding carboxylic acids is 1. The maximum absolute atomic E-state index is 11.7. The van der Waals surface area contributed by atoms with E-state index in [1.165, 1.54) is 11.8 Å². The summed E-state index contributed by atoms with van der Waals surface area (Å²) >= 11 is 2.34. The molecule has 0 aliphatic carbocycles. The van der Waals surface area contributed by atoms with E-state index in [2.05, 4.69) is 10.3 Å². The SMILES string of the molecule is COCCNC(=O)C(C)Sc1nc(C)c(C(=O)O)s1. The van der Waals surface area contributed by atoms with Gasteiger partial charge in [-0.05, 0) is 13.8 Å². The van der Waals surface area contributed by atoms with Crippen LogP contribution >= 0.6 is 23.1 Å². The second-order valence-corrected chi connectivity index (χ2v) is 6.33. The summed E-state index contributed by atoms with van der Waals surface area (Å²) in [6, 6.07) is 0. The molecule has 0 fully saturated rings. The van der Waals surface area contributed by atoms with E-state index in [1.807, 2.05) is 0 Å². The van der Waals surface area contributed by atoms with Gasteiger partial charge in [0.25, 0.3) is 0 Å². The Morgan fingerprint density at radius 1 is 1.58 bits per heavy atom. The van der Waals surface area contributed by atoms with Crippen LogP contribution in [0, 0.1) is 6.92 Å². The standard InChI is InChI=1S/C11H16N2O4S2/c1-6-8(10(15)16)19-11(13-6)18-7(2)9(14)12-4-5-17-3/h7H,4-5H2,1-3H3,(H,12,14)(H,15,16). The molecule has 1 heterocycles. The molecule has 0 bridgehead atoms. The number of ether oxygens (including phenoxy) is 1. The molecule has 6 nitrogen and oxygen atoms in total. The molecule has 0 aromatic carbocycles. The number of carboxylic acid groups (broad SMARTS) is 1. The van der Waals surface area contributed by atoms with Gasteiger partial charge < -0.3 is 15.2 Å². The average Bonchev–Trinajstić information content (AvgIpc) is 2.70. The normalized spacial score (nSPS) is 12.2. The molecule has 106 valence electrons. The molecule has 1 aromatic heterocycles. The number of hydrogen-bond acceptors (Lipinski definition) is 6. The predicted octanol–water partition coefficient (Wildman–Crippen LogP) is 1.39. The number of thiazole rings is 1. The van der Waals surface area contributed by atoms with E-state index in [1.54, 1.807) is 21.0 Å². The monoisotopic (exact) mass is 304 g/mol. The lowest BCUT2D eigenvalue weighted by molar-refractivity contribution is -0.120. The highest BCUT2D eigenvalue weighted by molar-refractivity contribution is 8.02. The second kappa shape index (κ2) is 7.46. The summed E-state index contributed by atoms with van der Waals surface area (Å²) in [5.74, 6) is -1.11. The second-order valence-electron chi connectivity index (χ2n) is 3.74. The summed E-state index contributed by atoms with van der Waals surface area (Å²) in [5, 5.41) is 11.3. The van der Waals surface area contributed by atoms with Crippen molar-refractivity contribution in [1.29, 1.82) is 0 Å². The summed E-state index contributed by atoms with van der Waals surface area (Å²) in [6.07, 6.45) is 0. The third-order valence-corrected chi connectivity index (χ3v) is 4.56. The molecular formula is C11H16N2O4S2. The van der Waals surface area contributed by atoms with Crippen LogP contribution in [0.2, 0.25) is 0 Å². The maximum Gasteiger partial charge on any atom is 0.347 e. The van der Waals surface area contributed by atoms with Crippen LogP contribution in [0.3, 0.4) is 0 Å². The molecule has 2 N–H and O–H groups in total. The lowest BCUT2D eigenvalue weighted by atomic mass is 10.4. The third kappa shape index (κ3) is 4.81. The van der Waals surface area contributed by atoms with Gasteiger partial charge in [0.1, 0.15) is 4.88 Å². The van der Waals surface area contributed by atoms with E-state index in [-0.39, 0.29) is 16.0 Å². The Bertz CT molecular complexity index is 462. The van der Waals surface area contributed by atoms with Crippen LogP contribution in [0.5, 0.6) is 0 Å². The number of hydrogen-bond donors (Lipinski definition) is 2. The zero-order valence-electron chi connectivity index (χ0n) is 10.9. The molecule has 0 radical (unpaired) electrons. The van der Waals surface area contributed by atoms with Crippen LogP contribution < -0.4 is 5.32 Å². The fraction of sp³-hybridized carbons (Fsp3) is 0.545. The molecule has 0 aliphatic rings. The van der Waals surface area contributed by atoms with Crippen molar-refractivity contribution in [2.45, 2.75) is 23.4 Å². The largest absolute Gasteiger partial charge is 0.477 e. The number of carbonyl (C=O) groups is 2. The Morgan fingerprint density at radius 2 is 2.26 bits per heavy atom. The van der Waals surface area contributed by atoms with Gasteiger partial charge in [-0.1, -0.05) is 11.8 Å². The number of thioether (sulfide) groups is 1. The van der Waals surface area contributed by atoms with E-state index < -0.39 is 5.97 Å². The number of amides is 1. The predicted molar refractivity (Wildman–Crippen MR) is 74.0 cm³/mol. The van der Waals surface area contributed by atoms with Crippen molar-refractivity contribution in [3.05, 3.63) is 10.6 Å². The van der Waals surface area contributed by atoms with Crippen molar-refractivity contribution in [3.8, 4) is 0 Å². The van der Waals surface area contributed by atoms with Gasteiger partial charge in [-0.25, -0.2) is 9.78 Å². The van der Waals surface area contributed by atoms with Gasteiger partial charge in [-0.2, -0.15) is 0 Å². The molecule has 0 saturated carbocycles. The molecule has 19 heavy (non-hydrogen) atoms. The quantitative estimate of drug-likeness (QED) is 0.584. The summed E-state index contributed by atoms with van der Waals surface area (Å²) in [6.45, 7) is 4.32. The van der Waals surface area contributed by atoms with Crippen molar-refractivity contribution < 1.29 is 19.4 Å². The Balaban J connectivity index is 2.56. The van der Waals surface area contributed by atoms with Crippen molar-refractivity contribution in [2.75, 3.05) is 20.3 Å². The molecule has 1 amide bonds. The first-order valence-electron chi connectivity index (χ1n) is 5.59. The van der Waals surface area contributed by atoms with Crippen LogP contribution in [-0.2, 0) is 9.53 Å². The minimum atomic E-state index is -0.987. The topological polar surface area (TPSA) is 88.5 Å². The number of aromatic nitrogens is 1. The van der Waals surface area contributed by atoms with Gasteiger partial charge in [0, 0.05) is 13.7 Å². The first-order valence-corrected chi connectivity index (χ1v) is 7.29. The Morgan fingerprint density at radius 3 is 2.79 bits per heavy atom. The lowest BCUT2D eigenvalue weighted by Gasteiger charge is -2.09. The zero-order chi connectivity index (χ0) is 14.4. The summed E-state index contributed by atoms with van der Waals surface area (Å²) in [5.41, 5.74) is 0.479. The Labute approximate surface area is 119 Å². The van der Waals surface area contributed by atoms with Crippen molar-refractivity contribution >= 4 is 35.0 Å². The highest BCUT2D eigenvalue weighted by Gasteiger charge is 2.19. The first kappa shape index (κ1) is 15.9. The van der Waals surface area contributed by atoms with Crippen molar-refractivity contribution in [1.82, 2.24) is 10.3 Å². The number of nitrogens with zero attached hydrogens (tertiary/aromatic N) is 1. The molecular weight excluding hydrogens is 288 g/mol. The molecule has 0 saturated heterocycles.